The molecule has 3 rings (SSSR count). The lowest BCUT2D eigenvalue weighted by atomic mass is 10.1. The molecule has 174 valence electrons. The fourth-order valence-corrected chi connectivity index (χ4v) is 3.04. The van der Waals surface area contributed by atoms with Gasteiger partial charge in [0.05, 0.1) is 5.56 Å². The minimum atomic E-state index is -4.56. The van der Waals surface area contributed by atoms with Crippen molar-refractivity contribution in [2.75, 3.05) is 25.1 Å². The molecule has 0 unspecified atom stereocenters. The van der Waals surface area contributed by atoms with Crippen molar-refractivity contribution in [3.05, 3.63) is 82.3 Å². The molecule has 7 nitrogen and oxygen atoms in total. The normalized spacial score (nSPS) is 11.0. The number of nitrogens with one attached hydrogen (secondary N) is 2. The van der Waals surface area contributed by atoms with Gasteiger partial charge in [-0.3, -0.25) is 9.78 Å². The van der Waals surface area contributed by atoms with Crippen molar-refractivity contribution < 1.29 is 18.0 Å². The third-order valence-electron chi connectivity index (χ3n) is 4.61. The number of nitrogens with zero attached hydrogens (tertiary/aromatic N) is 3. The first-order valence-corrected chi connectivity index (χ1v) is 9.97. The Balaban J connectivity index is 1.82. The number of halogens is 3. The van der Waals surface area contributed by atoms with Gasteiger partial charge in [-0.2, -0.15) is 13.2 Å². The molecule has 0 spiro atoms. The van der Waals surface area contributed by atoms with Crippen LogP contribution in [0.3, 0.4) is 0 Å². The molecule has 0 radical (unpaired) electrons. The van der Waals surface area contributed by atoms with Gasteiger partial charge in [-0.15, -0.1) is 0 Å². The maximum absolute atomic E-state index is 13.5. The maximum Gasteiger partial charge on any atom is 0.416 e. The third-order valence-corrected chi connectivity index (χ3v) is 4.61. The number of benzene rings is 1. The van der Waals surface area contributed by atoms with E-state index in [0.717, 1.165) is 12.3 Å². The molecule has 0 atom stereocenters. The number of hydrogen-bond donors (Lipinski definition) is 3. The second-order valence-corrected chi connectivity index (χ2v) is 7.58. The number of pyridine rings is 2. The first-order valence-electron chi connectivity index (χ1n) is 9.97. The summed E-state index contributed by atoms with van der Waals surface area (Å²) in [6, 6.07) is 8.30. The smallest absolute Gasteiger partial charge is 0.383 e. The van der Waals surface area contributed by atoms with Crippen molar-refractivity contribution in [3.63, 3.8) is 0 Å². The lowest BCUT2D eigenvalue weighted by molar-refractivity contribution is -0.138. The second-order valence-electron chi connectivity index (χ2n) is 7.58. The highest BCUT2D eigenvalue weighted by molar-refractivity contribution is 6.03. The zero-order valence-electron chi connectivity index (χ0n) is 18.4. The summed E-state index contributed by atoms with van der Waals surface area (Å²) in [6.45, 7) is 0.107. The van der Waals surface area contributed by atoms with Crippen molar-refractivity contribution in [2.24, 2.45) is 0 Å². The SMILES string of the molecule is CN(C)Cc1ccc(NC(=O)c2cc(C#Cc3cnc(N)c(C=N)c3)ccn2)cc1C(F)(F)F. The Kier molecular flexibility index (Phi) is 7.28. The molecule has 0 saturated carbocycles. The number of hydrogen-bond acceptors (Lipinski definition) is 6. The molecule has 34 heavy (non-hydrogen) atoms. The van der Waals surface area contributed by atoms with E-state index in [1.165, 1.54) is 30.6 Å². The van der Waals surface area contributed by atoms with Crippen molar-refractivity contribution in [1.82, 2.24) is 14.9 Å². The van der Waals surface area contributed by atoms with E-state index in [9.17, 15) is 18.0 Å². The summed E-state index contributed by atoms with van der Waals surface area (Å²) in [6.07, 6.45) is -0.652. The largest absolute Gasteiger partial charge is 0.416 e. The lowest BCUT2D eigenvalue weighted by Crippen LogP contribution is -2.18. The number of nitrogen functional groups attached to an aromatic ring is 1. The van der Waals surface area contributed by atoms with Crippen LogP contribution in [0.1, 0.15) is 38.3 Å². The zero-order chi connectivity index (χ0) is 24.9. The highest BCUT2D eigenvalue weighted by Crippen LogP contribution is 2.34. The fraction of sp³-hybridized carbons (Fsp3) is 0.167. The van der Waals surface area contributed by atoms with Crippen LogP contribution in [0.5, 0.6) is 0 Å². The van der Waals surface area contributed by atoms with Crippen LogP contribution in [-0.2, 0) is 12.7 Å². The molecule has 1 aromatic carbocycles. The Morgan fingerprint density at radius 1 is 1.15 bits per heavy atom. The molecule has 3 aromatic rings. The van der Waals surface area contributed by atoms with Crippen LogP contribution in [-0.4, -0.2) is 41.1 Å². The summed E-state index contributed by atoms with van der Waals surface area (Å²) < 4.78 is 40.5. The predicted molar refractivity (Wildman–Crippen MR) is 124 cm³/mol. The van der Waals surface area contributed by atoms with Gasteiger partial charge in [-0.1, -0.05) is 17.9 Å². The van der Waals surface area contributed by atoms with E-state index in [1.807, 2.05) is 0 Å². The number of aromatic nitrogens is 2. The summed E-state index contributed by atoms with van der Waals surface area (Å²) in [5, 5.41) is 9.78. The van der Waals surface area contributed by atoms with Crippen LogP contribution in [0.15, 0.2) is 48.8 Å². The van der Waals surface area contributed by atoms with E-state index in [-0.39, 0.29) is 29.3 Å². The second kappa shape index (κ2) is 10.1. The van der Waals surface area contributed by atoms with Crippen LogP contribution in [0.25, 0.3) is 0 Å². The lowest BCUT2D eigenvalue weighted by Gasteiger charge is -2.17. The van der Waals surface area contributed by atoms with E-state index in [1.54, 1.807) is 31.1 Å². The van der Waals surface area contributed by atoms with Crippen molar-refractivity contribution in [2.45, 2.75) is 12.7 Å². The average Bonchev–Trinajstić information content (AvgIpc) is 2.78. The molecule has 0 bridgehead atoms. The molecular weight excluding hydrogens is 445 g/mol. The Morgan fingerprint density at radius 2 is 1.88 bits per heavy atom. The Hall–Kier alpha value is -4.23. The van der Waals surface area contributed by atoms with Crippen LogP contribution in [0.2, 0.25) is 0 Å². The van der Waals surface area contributed by atoms with Crippen LogP contribution in [0, 0.1) is 17.3 Å². The number of carbonyl (C=O) groups excluding carboxylic acids is 1. The summed E-state index contributed by atoms with van der Waals surface area (Å²) in [4.78, 5) is 22.2. The van der Waals surface area contributed by atoms with Crippen LogP contribution in [0.4, 0.5) is 24.7 Å². The molecule has 10 heteroatoms. The molecule has 2 heterocycles. The predicted octanol–water partition coefficient (Wildman–Crippen LogP) is 3.79. The average molecular weight is 466 g/mol. The van der Waals surface area contributed by atoms with Gasteiger partial charge in [-0.05, 0) is 50.0 Å². The summed E-state index contributed by atoms with van der Waals surface area (Å²) >= 11 is 0. The summed E-state index contributed by atoms with van der Waals surface area (Å²) in [7, 11) is 3.35. The molecule has 0 aliphatic heterocycles. The van der Waals surface area contributed by atoms with Gasteiger partial charge in [0.2, 0.25) is 0 Å². The minimum absolute atomic E-state index is 0.00485. The van der Waals surface area contributed by atoms with Crippen LogP contribution < -0.4 is 11.1 Å². The molecule has 0 fully saturated rings. The number of rotatable bonds is 5. The molecule has 2 aromatic heterocycles. The van der Waals surface area contributed by atoms with Crippen molar-refractivity contribution in [1.29, 1.82) is 5.41 Å². The highest BCUT2D eigenvalue weighted by atomic mass is 19.4. The van der Waals surface area contributed by atoms with Gasteiger partial charge >= 0.3 is 6.18 Å². The monoisotopic (exact) mass is 466 g/mol. The molecule has 4 N–H and O–H groups in total. The molecule has 0 aliphatic rings. The van der Waals surface area contributed by atoms with Gasteiger partial charge in [0.25, 0.3) is 5.91 Å². The quantitative estimate of drug-likeness (QED) is 0.392. The first-order chi connectivity index (χ1) is 16.1. The summed E-state index contributed by atoms with van der Waals surface area (Å²) in [5.41, 5.74) is 6.36. The Bertz CT molecular complexity index is 1290. The Labute approximate surface area is 194 Å². The van der Waals surface area contributed by atoms with Crippen molar-refractivity contribution >= 4 is 23.6 Å². The van der Waals surface area contributed by atoms with Gasteiger partial charge < -0.3 is 21.4 Å². The molecule has 0 aliphatic carbocycles. The van der Waals surface area contributed by atoms with E-state index in [4.69, 9.17) is 11.1 Å². The van der Waals surface area contributed by atoms with Gasteiger partial charge in [0, 0.05) is 47.5 Å². The van der Waals surface area contributed by atoms with E-state index in [2.05, 4.69) is 27.1 Å². The standard InChI is InChI=1S/C24H21F3N6O/c1-33(2)14-17-5-6-19(11-20(17)24(25,26)27)32-23(34)21-10-15(7-8-30-21)3-4-16-9-18(12-28)22(29)31-13-16/h5-13,28H,14H2,1-2H3,(H2,29,31)(H,32,34). The fourth-order valence-electron chi connectivity index (χ4n) is 3.04. The van der Waals surface area contributed by atoms with E-state index >= 15 is 0 Å². The van der Waals surface area contributed by atoms with Gasteiger partial charge in [0.15, 0.2) is 0 Å². The number of alkyl halides is 3. The maximum atomic E-state index is 13.5. The van der Waals surface area contributed by atoms with Crippen molar-refractivity contribution in [3.8, 4) is 11.8 Å². The highest BCUT2D eigenvalue weighted by Gasteiger charge is 2.33. The minimum Gasteiger partial charge on any atom is -0.383 e. The summed E-state index contributed by atoms with van der Waals surface area (Å²) in [5.74, 6) is 5.28. The Morgan fingerprint density at radius 3 is 2.56 bits per heavy atom. The number of nitrogens with two attached hydrogens (primary N) is 1. The number of carbonyl (C=O) groups is 1. The first kappa shape index (κ1) is 24.4. The third kappa shape index (κ3) is 6.17. The topological polar surface area (TPSA) is 108 Å². The van der Waals surface area contributed by atoms with E-state index < -0.39 is 17.6 Å². The van der Waals surface area contributed by atoms with E-state index in [0.29, 0.717) is 16.7 Å². The van der Waals surface area contributed by atoms with Crippen LogP contribution >= 0.6 is 0 Å². The molecule has 1 amide bonds. The molecule has 0 saturated heterocycles. The van der Waals surface area contributed by atoms with Gasteiger partial charge in [-0.25, -0.2) is 4.98 Å². The van der Waals surface area contributed by atoms with Gasteiger partial charge in [0.1, 0.15) is 11.5 Å². The number of amides is 1. The molecular formula is C24H21F3N6O. The zero-order valence-corrected chi connectivity index (χ0v) is 18.4. The number of anilines is 2.